The van der Waals surface area contributed by atoms with Gasteiger partial charge >= 0.3 is 0 Å². The lowest BCUT2D eigenvalue weighted by atomic mass is 9.96. The molecule has 12 N–H and O–H groups in total. The highest BCUT2D eigenvalue weighted by molar-refractivity contribution is 5.76. The van der Waals surface area contributed by atoms with Gasteiger partial charge in [-0.05, 0) is 32.1 Å². The molecule has 1 amide bonds. The number of rotatable bonds is 46. The molecule has 0 saturated carbocycles. The van der Waals surface area contributed by atoms with E-state index in [1.807, 2.05) is 6.08 Å². The largest absolute Gasteiger partial charge is 0.394 e. The normalized spacial score (nSPS) is 30.4. The molecule has 0 radical (unpaired) electrons. The van der Waals surface area contributed by atoms with E-state index in [4.69, 9.17) is 28.4 Å². The number of amides is 1. The topological polar surface area (TPSA) is 307 Å². The summed E-state index contributed by atoms with van der Waals surface area (Å²) in [6, 6.07) is -0.985. The Labute approximate surface area is 473 Å². The lowest BCUT2D eigenvalue weighted by Gasteiger charge is -2.48. The second-order valence-electron chi connectivity index (χ2n) is 22.5. The van der Waals surface area contributed by atoms with Crippen LogP contribution in [0.2, 0.25) is 0 Å². The Balaban J connectivity index is 1.50. The Morgan fingerprint density at radius 3 is 1.27 bits per heavy atom. The van der Waals surface area contributed by atoms with Gasteiger partial charge in [0.15, 0.2) is 18.9 Å². The van der Waals surface area contributed by atoms with Crippen molar-refractivity contribution in [1.82, 2.24) is 5.32 Å². The van der Waals surface area contributed by atoms with Gasteiger partial charge in [-0.15, -0.1) is 0 Å². The summed E-state index contributed by atoms with van der Waals surface area (Å²) in [5.41, 5.74) is 0. The van der Waals surface area contributed by atoms with Crippen molar-refractivity contribution in [3.63, 3.8) is 0 Å². The number of carbonyl (C=O) groups excluding carboxylic acids is 1. The number of ether oxygens (including phenoxy) is 6. The first-order valence-electron chi connectivity index (χ1n) is 31.1. The van der Waals surface area contributed by atoms with Crippen LogP contribution in [-0.2, 0) is 33.2 Å². The van der Waals surface area contributed by atoms with Crippen LogP contribution in [0.5, 0.6) is 0 Å². The Morgan fingerprint density at radius 1 is 0.443 bits per heavy atom. The summed E-state index contributed by atoms with van der Waals surface area (Å²) in [7, 11) is 0. The maximum atomic E-state index is 13.3. The molecule has 0 bridgehead atoms. The molecule has 3 saturated heterocycles. The van der Waals surface area contributed by atoms with Crippen molar-refractivity contribution >= 4 is 5.91 Å². The molecule has 0 aromatic heterocycles. The second-order valence-corrected chi connectivity index (χ2v) is 22.5. The van der Waals surface area contributed by atoms with Crippen molar-refractivity contribution in [2.45, 2.75) is 324 Å². The number of nitrogens with one attached hydrogen (secondary N) is 1. The molecule has 79 heavy (non-hydrogen) atoms. The molecular formula is C60H111NO18. The third-order valence-corrected chi connectivity index (χ3v) is 15.8. The fourth-order valence-electron chi connectivity index (χ4n) is 10.6. The molecule has 0 aromatic rings. The number of hydrogen-bond donors (Lipinski definition) is 12. The zero-order chi connectivity index (χ0) is 57.6. The maximum Gasteiger partial charge on any atom is 0.220 e. The van der Waals surface area contributed by atoms with E-state index in [1.165, 1.54) is 148 Å². The molecule has 17 unspecified atom stereocenters. The van der Waals surface area contributed by atoms with Gasteiger partial charge in [0.05, 0.1) is 38.6 Å². The Bertz CT molecular complexity index is 1540. The van der Waals surface area contributed by atoms with E-state index >= 15 is 0 Å². The van der Waals surface area contributed by atoms with E-state index in [1.54, 1.807) is 6.08 Å². The van der Waals surface area contributed by atoms with E-state index in [-0.39, 0.29) is 18.9 Å². The van der Waals surface area contributed by atoms with Gasteiger partial charge in [-0.3, -0.25) is 4.79 Å². The summed E-state index contributed by atoms with van der Waals surface area (Å²) >= 11 is 0. The standard InChI is InChI=1S/C60H111NO18/c1-3-5-7-9-11-13-15-17-19-20-21-22-24-26-28-30-32-34-36-38-48(66)61-43(44(65)37-35-33-31-29-27-25-23-18-16-14-12-10-8-6-4-2)42-74-58-54(72)51(69)56(46(40-63)76-58)79-60-55(73)52(70)57(47(41-64)77-60)78-59-53(71)50(68)49(67)45(39-62)75-59/h27,29,35,37,43-47,49-60,62-65,67-73H,3-26,28,30-34,36,38-42H2,1-2H3,(H,61,66)/b29-27+,37-35+. The molecular weight excluding hydrogens is 1020 g/mol. The molecule has 0 aliphatic carbocycles. The summed E-state index contributed by atoms with van der Waals surface area (Å²) in [6.07, 6.45) is 18.7. The molecule has 19 heteroatoms. The summed E-state index contributed by atoms with van der Waals surface area (Å²) in [4.78, 5) is 13.3. The average molecular weight is 1130 g/mol. The Hall–Kier alpha value is -1.73. The van der Waals surface area contributed by atoms with Crippen LogP contribution in [-0.4, -0.2) is 193 Å². The van der Waals surface area contributed by atoms with E-state index in [0.717, 1.165) is 38.5 Å². The van der Waals surface area contributed by atoms with Gasteiger partial charge in [0, 0.05) is 6.42 Å². The highest BCUT2D eigenvalue weighted by Gasteiger charge is 2.53. The quantitative estimate of drug-likeness (QED) is 0.0248. The molecule has 0 aromatic carbocycles. The first-order valence-corrected chi connectivity index (χ1v) is 31.1. The number of aliphatic hydroxyl groups is 11. The molecule has 17 atom stereocenters. The van der Waals surface area contributed by atoms with Crippen LogP contribution in [0.25, 0.3) is 0 Å². The zero-order valence-electron chi connectivity index (χ0n) is 48.4. The minimum atomic E-state index is -1.98. The second kappa shape index (κ2) is 43.8. The number of allylic oxidation sites excluding steroid dienone is 3. The van der Waals surface area contributed by atoms with Crippen molar-refractivity contribution in [3.8, 4) is 0 Å². The SMILES string of the molecule is CCCCCCCCCCC/C=C/CC/C=C/C(O)C(COC1OC(CO)C(OC2OC(CO)C(OC3OC(CO)C(O)C(O)C3O)C(O)C2O)C(O)C1O)NC(=O)CCCCCCCCCCCCCCCCCCCCC. The lowest BCUT2D eigenvalue weighted by Crippen LogP contribution is -2.66. The molecule has 3 heterocycles. The van der Waals surface area contributed by atoms with Crippen molar-refractivity contribution in [3.05, 3.63) is 24.3 Å². The third kappa shape index (κ3) is 27.7. The number of aliphatic hydroxyl groups excluding tert-OH is 11. The van der Waals surface area contributed by atoms with Crippen LogP contribution in [0.4, 0.5) is 0 Å². The third-order valence-electron chi connectivity index (χ3n) is 15.8. The predicted molar refractivity (Wildman–Crippen MR) is 300 cm³/mol. The number of hydrogen-bond acceptors (Lipinski definition) is 18. The average Bonchev–Trinajstić information content (AvgIpc) is 3.48. The van der Waals surface area contributed by atoms with E-state index in [0.29, 0.717) is 12.8 Å². The summed E-state index contributed by atoms with van der Waals surface area (Å²) < 4.78 is 34.2. The highest BCUT2D eigenvalue weighted by atomic mass is 16.8. The van der Waals surface area contributed by atoms with Gasteiger partial charge in [-0.1, -0.05) is 205 Å². The molecule has 464 valence electrons. The fraction of sp³-hybridized carbons (Fsp3) is 0.917. The van der Waals surface area contributed by atoms with Gasteiger partial charge < -0.3 is 89.9 Å². The van der Waals surface area contributed by atoms with Crippen molar-refractivity contribution in [2.24, 2.45) is 0 Å². The van der Waals surface area contributed by atoms with Crippen molar-refractivity contribution in [1.29, 1.82) is 0 Å². The van der Waals surface area contributed by atoms with Crippen LogP contribution in [0.3, 0.4) is 0 Å². The Morgan fingerprint density at radius 2 is 0.810 bits per heavy atom. The molecule has 3 aliphatic rings. The van der Waals surface area contributed by atoms with Crippen LogP contribution < -0.4 is 5.32 Å². The smallest absolute Gasteiger partial charge is 0.220 e. The lowest BCUT2D eigenvalue weighted by molar-refractivity contribution is -0.379. The van der Waals surface area contributed by atoms with E-state index in [9.17, 15) is 61.0 Å². The van der Waals surface area contributed by atoms with Crippen LogP contribution >= 0.6 is 0 Å². The highest BCUT2D eigenvalue weighted by Crippen LogP contribution is 2.33. The number of unbranched alkanes of at least 4 members (excludes halogenated alkanes) is 28. The van der Waals surface area contributed by atoms with E-state index in [2.05, 4.69) is 31.3 Å². The molecule has 3 rings (SSSR count). The predicted octanol–water partition coefficient (Wildman–Crippen LogP) is 5.93. The van der Waals surface area contributed by atoms with Gasteiger partial charge in [0.2, 0.25) is 5.91 Å². The van der Waals surface area contributed by atoms with Gasteiger partial charge in [-0.2, -0.15) is 0 Å². The van der Waals surface area contributed by atoms with Gasteiger partial charge in [0.25, 0.3) is 0 Å². The minimum absolute atomic E-state index is 0.240. The van der Waals surface area contributed by atoms with E-state index < -0.39 is 124 Å². The maximum absolute atomic E-state index is 13.3. The minimum Gasteiger partial charge on any atom is -0.394 e. The first-order chi connectivity index (χ1) is 38.3. The van der Waals surface area contributed by atoms with Gasteiger partial charge in [0.1, 0.15) is 73.2 Å². The van der Waals surface area contributed by atoms with Crippen molar-refractivity contribution in [2.75, 3.05) is 26.4 Å². The van der Waals surface area contributed by atoms with Gasteiger partial charge in [-0.25, -0.2) is 0 Å². The van der Waals surface area contributed by atoms with Crippen LogP contribution in [0.1, 0.15) is 219 Å². The van der Waals surface area contributed by atoms with Crippen molar-refractivity contribution < 1.29 is 89.4 Å². The molecule has 0 spiro atoms. The summed E-state index contributed by atoms with van der Waals surface area (Å²) in [6.45, 7) is 1.71. The number of carbonyl (C=O) groups is 1. The summed E-state index contributed by atoms with van der Waals surface area (Å²) in [5, 5.41) is 120. The Kier molecular flexibility index (Phi) is 39.7. The first kappa shape index (κ1) is 71.5. The zero-order valence-corrected chi connectivity index (χ0v) is 48.4. The van der Waals surface area contributed by atoms with Crippen LogP contribution in [0, 0.1) is 0 Å². The van der Waals surface area contributed by atoms with Crippen LogP contribution in [0.15, 0.2) is 24.3 Å². The molecule has 19 nitrogen and oxygen atoms in total. The summed E-state index contributed by atoms with van der Waals surface area (Å²) in [5.74, 6) is -0.283. The monoisotopic (exact) mass is 1130 g/mol. The molecule has 3 fully saturated rings. The fourth-order valence-corrected chi connectivity index (χ4v) is 10.6. The molecule has 3 aliphatic heterocycles.